The normalized spacial score (nSPS) is 24.0. The van der Waals surface area contributed by atoms with Crippen LogP contribution in [0.15, 0.2) is 18.2 Å². The van der Waals surface area contributed by atoms with E-state index in [1.54, 1.807) is 0 Å². The zero-order chi connectivity index (χ0) is 13.1. The van der Waals surface area contributed by atoms with E-state index in [0.29, 0.717) is 6.04 Å². The molecule has 2 rings (SSSR count). The lowest BCUT2D eigenvalue weighted by molar-refractivity contribution is 0.321. The molecule has 0 aromatic heterocycles. The summed E-state index contributed by atoms with van der Waals surface area (Å²) in [4.78, 5) is 2.44. The van der Waals surface area contributed by atoms with Gasteiger partial charge in [-0.25, -0.2) is 0 Å². The first kappa shape index (κ1) is 14.2. The summed E-state index contributed by atoms with van der Waals surface area (Å²) < 4.78 is 0. The van der Waals surface area contributed by atoms with Crippen molar-refractivity contribution in [3.8, 4) is 0 Å². The molecule has 0 aliphatic heterocycles. The van der Waals surface area contributed by atoms with Crippen molar-refractivity contribution >= 4 is 33.2 Å². The minimum absolute atomic E-state index is 0.648. The molecule has 1 nitrogen and oxygen atoms in total. The van der Waals surface area contributed by atoms with Crippen LogP contribution in [-0.2, 0) is 5.33 Å². The van der Waals surface area contributed by atoms with Gasteiger partial charge >= 0.3 is 0 Å². The van der Waals surface area contributed by atoms with Crippen molar-refractivity contribution in [2.75, 3.05) is 11.9 Å². The Morgan fingerprint density at radius 1 is 1.33 bits per heavy atom. The van der Waals surface area contributed by atoms with Gasteiger partial charge in [0, 0.05) is 34.7 Å². The Bertz CT molecular complexity index is 407. The molecule has 2 unspecified atom stereocenters. The number of benzene rings is 1. The molecule has 0 bridgehead atoms. The molecule has 1 aliphatic rings. The molecule has 0 amide bonds. The highest BCUT2D eigenvalue weighted by Gasteiger charge is 2.26. The summed E-state index contributed by atoms with van der Waals surface area (Å²) in [5.74, 6) is 0.769. The maximum atomic E-state index is 6.29. The molecular weight excluding hydrogens is 310 g/mol. The van der Waals surface area contributed by atoms with Crippen LogP contribution in [0, 0.1) is 5.92 Å². The molecule has 18 heavy (non-hydrogen) atoms. The van der Waals surface area contributed by atoms with Gasteiger partial charge in [-0.1, -0.05) is 53.4 Å². The molecule has 3 heteroatoms. The number of hydrogen-bond donors (Lipinski definition) is 0. The number of anilines is 1. The Kier molecular flexibility index (Phi) is 4.97. The first-order chi connectivity index (χ1) is 8.65. The fourth-order valence-corrected chi connectivity index (χ4v) is 4.05. The minimum atomic E-state index is 0.648. The lowest BCUT2D eigenvalue weighted by Gasteiger charge is -2.38. The predicted molar refractivity (Wildman–Crippen MR) is 83.9 cm³/mol. The van der Waals surface area contributed by atoms with Crippen molar-refractivity contribution in [3.05, 3.63) is 28.8 Å². The SMILES string of the molecule is CC1CCCCC1N(C)c1cccc(Cl)c1CBr. The summed E-state index contributed by atoms with van der Waals surface area (Å²) in [6, 6.07) is 6.85. The number of hydrogen-bond acceptors (Lipinski definition) is 1. The summed E-state index contributed by atoms with van der Waals surface area (Å²) in [6.07, 6.45) is 5.38. The summed E-state index contributed by atoms with van der Waals surface area (Å²) in [7, 11) is 2.21. The van der Waals surface area contributed by atoms with Gasteiger partial charge in [0.25, 0.3) is 0 Å². The predicted octanol–water partition coefficient (Wildman–Crippen LogP) is 5.25. The lowest BCUT2D eigenvalue weighted by atomic mass is 9.84. The average Bonchev–Trinajstić information content (AvgIpc) is 2.38. The van der Waals surface area contributed by atoms with Gasteiger partial charge in [0.15, 0.2) is 0 Å². The fraction of sp³-hybridized carbons (Fsp3) is 0.600. The second kappa shape index (κ2) is 6.29. The standard InChI is InChI=1S/C15H21BrClN/c1-11-6-3-4-8-14(11)18(2)15-9-5-7-13(17)12(15)10-16/h5,7,9,11,14H,3-4,6,8,10H2,1-2H3. The van der Waals surface area contributed by atoms with Crippen molar-refractivity contribution in [2.45, 2.75) is 44.0 Å². The third-order valence-electron chi connectivity index (χ3n) is 4.17. The van der Waals surface area contributed by atoms with Crippen molar-refractivity contribution < 1.29 is 0 Å². The molecule has 1 aromatic carbocycles. The van der Waals surface area contributed by atoms with Crippen LogP contribution in [0.5, 0.6) is 0 Å². The quantitative estimate of drug-likeness (QED) is 0.684. The van der Waals surface area contributed by atoms with Crippen LogP contribution in [-0.4, -0.2) is 13.1 Å². The van der Waals surface area contributed by atoms with Gasteiger partial charge in [0.05, 0.1) is 0 Å². The number of rotatable bonds is 3. The maximum absolute atomic E-state index is 6.29. The Morgan fingerprint density at radius 3 is 2.72 bits per heavy atom. The summed E-state index contributed by atoms with van der Waals surface area (Å²) in [6.45, 7) is 2.37. The molecule has 1 fully saturated rings. The molecule has 0 heterocycles. The van der Waals surface area contributed by atoms with E-state index in [2.05, 4.69) is 40.9 Å². The van der Waals surface area contributed by atoms with Crippen LogP contribution in [0.3, 0.4) is 0 Å². The smallest absolute Gasteiger partial charge is 0.0467 e. The molecule has 0 radical (unpaired) electrons. The molecule has 1 aliphatic carbocycles. The first-order valence-electron chi connectivity index (χ1n) is 6.71. The Balaban J connectivity index is 2.27. The van der Waals surface area contributed by atoms with E-state index in [1.807, 2.05) is 12.1 Å². The van der Waals surface area contributed by atoms with Crippen LogP contribution in [0.2, 0.25) is 5.02 Å². The second-order valence-corrected chi connectivity index (χ2v) is 6.28. The van der Waals surface area contributed by atoms with Crippen LogP contribution in [0.4, 0.5) is 5.69 Å². The van der Waals surface area contributed by atoms with E-state index in [0.717, 1.165) is 16.3 Å². The van der Waals surface area contributed by atoms with E-state index in [1.165, 1.54) is 36.9 Å². The van der Waals surface area contributed by atoms with Crippen molar-refractivity contribution in [2.24, 2.45) is 5.92 Å². The third-order valence-corrected chi connectivity index (χ3v) is 5.09. The highest BCUT2D eigenvalue weighted by atomic mass is 79.9. The van der Waals surface area contributed by atoms with Gasteiger partial charge in [0.1, 0.15) is 0 Å². The molecule has 100 valence electrons. The van der Waals surface area contributed by atoms with Crippen LogP contribution < -0.4 is 4.90 Å². The third kappa shape index (κ3) is 2.85. The van der Waals surface area contributed by atoms with Crippen LogP contribution in [0.1, 0.15) is 38.2 Å². The molecule has 0 spiro atoms. The molecule has 2 atom stereocenters. The summed E-state index contributed by atoms with van der Waals surface area (Å²) >= 11 is 9.85. The average molecular weight is 331 g/mol. The largest absolute Gasteiger partial charge is 0.371 e. The Labute approximate surface area is 124 Å². The van der Waals surface area contributed by atoms with E-state index in [-0.39, 0.29) is 0 Å². The molecular formula is C15H21BrClN. The molecule has 0 N–H and O–H groups in total. The van der Waals surface area contributed by atoms with Gasteiger partial charge in [0.2, 0.25) is 0 Å². The number of alkyl halides is 1. The number of halogens is 2. The first-order valence-corrected chi connectivity index (χ1v) is 8.21. The van der Waals surface area contributed by atoms with E-state index in [9.17, 15) is 0 Å². The fourth-order valence-electron chi connectivity index (χ4n) is 3.06. The minimum Gasteiger partial charge on any atom is -0.371 e. The van der Waals surface area contributed by atoms with Gasteiger partial charge in [-0.3, -0.25) is 0 Å². The highest BCUT2D eigenvalue weighted by molar-refractivity contribution is 9.08. The zero-order valence-electron chi connectivity index (χ0n) is 11.1. The lowest BCUT2D eigenvalue weighted by Crippen LogP contribution is -2.39. The molecule has 1 saturated carbocycles. The Morgan fingerprint density at radius 2 is 2.06 bits per heavy atom. The van der Waals surface area contributed by atoms with E-state index < -0.39 is 0 Å². The van der Waals surface area contributed by atoms with Crippen molar-refractivity contribution in [1.29, 1.82) is 0 Å². The molecule has 1 aromatic rings. The topological polar surface area (TPSA) is 3.24 Å². The van der Waals surface area contributed by atoms with Crippen LogP contribution >= 0.6 is 27.5 Å². The van der Waals surface area contributed by atoms with Crippen molar-refractivity contribution in [3.63, 3.8) is 0 Å². The summed E-state index contributed by atoms with van der Waals surface area (Å²) in [5, 5.41) is 1.67. The van der Waals surface area contributed by atoms with Crippen molar-refractivity contribution in [1.82, 2.24) is 0 Å². The maximum Gasteiger partial charge on any atom is 0.0467 e. The van der Waals surface area contributed by atoms with Gasteiger partial charge in [-0.15, -0.1) is 0 Å². The Hall–Kier alpha value is -0.210. The zero-order valence-corrected chi connectivity index (χ0v) is 13.5. The molecule has 0 saturated heterocycles. The number of nitrogens with zero attached hydrogens (tertiary/aromatic N) is 1. The summed E-state index contributed by atoms with van der Waals surface area (Å²) in [5.41, 5.74) is 2.48. The van der Waals surface area contributed by atoms with E-state index >= 15 is 0 Å². The van der Waals surface area contributed by atoms with Gasteiger partial charge in [-0.05, 0) is 30.9 Å². The highest BCUT2D eigenvalue weighted by Crippen LogP contribution is 2.35. The van der Waals surface area contributed by atoms with E-state index in [4.69, 9.17) is 11.6 Å². The van der Waals surface area contributed by atoms with Gasteiger partial charge in [-0.2, -0.15) is 0 Å². The second-order valence-electron chi connectivity index (χ2n) is 5.31. The van der Waals surface area contributed by atoms with Crippen LogP contribution in [0.25, 0.3) is 0 Å². The monoisotopic (exact) mass is 329 g/mol. The van der Waals surface area contributed by atoms with Gasteiger partial charge < -0.3 is 4.90 Å².